The molecule has 2 heterocycles. The molecule has 1 aliphatic rings. The van der Waals surface area contributed by atoms with E-state index in [1.807, 2.05) is 0 Å². The second kappa shape index (κ2) is 11.4. The van der Waals surface area contributed by atoms with Crippen LogP contribution in [0, 0.1) is 0 Å². The van der Waals surface area contributed by atoms with Crippen LogP contribution in [0.15, 0.2) is 52.9 Å². The number of aromatic nitrogens is 1. The van der Waals surface area contributed by atoms with E-state index >= 15 is 0 Å². The molecular weight excluding hydrogens is 550 g/mol. The summed E-state index contributed by atoms with van der Waals surface area (Å²) in [4.78, 5) is 29.7. The molecule has 3 aromatic rings. The van der Waals surface area contributed by atoms with Gasteiger partial charge < -0.3 is 29.4 Å². The Bertz CT molecular complexity index is 1360. The molecule has 0 aliphatic carbocycles. The molecule has 15 heteroatoms. The van der Waals surface area contributed by atoms with Crippen LogP contribution in [0.4, 0.5) is 42.5 Å². The van der Waals surface area contributed by atoms with E-state index in [1.54, 1.807) is 24.0 Å². The van der Waals surface area contributed by atoms with E-state index in [9.17, 15) is 35.9 Å². The molecule has 4 rings (SSSR count). The number of alkyl halides is 6. The molecule has 40 heavy (non-hydrogen) atoms. The number of carbonyl (C=O) groups excluding carboxylic acids is 2. The van der Waals surface area contributed by atoms with Crippen LogP contribution >= 0.6 is 0 Å². The molecule has 9 nitrogen and oxygen atoms in total. The number of nitrogens with one attached hydrogen (secondary N) is 2. The predicted molar refractivity (Wildman–Crippen MR) is 129 cm³/mol. The van der Waals surface area contributed by atoms with E-state index in [1.165, 1.54) is 24.3 Å². The molecule has 2 N–H and O–H groups in total. The van der Waals surface area contributed by atoms with E-state index < -0.39 is 53.2 Å². The van der Waals surface area contributed by atoms with Gasteiger partial charge in [-0.25, -0.2) is 9.78 Å². The first-order valence-electron chi connectivity index (χ1n) is 11.9. The van der Waals surface area contributed by atoms with Gasteiger partial charge in [0.25, 0.3) is 5.91 Å². The third-order valence-corrected chi connectivity index (χ3v) is 5.67. The quantitative estimate of drug-likeness (QED) is 0.327. The van der Waals surface area contributed by atoms with Gasteiger partial charge in [0.2, 0.25) is 11.7 Å². The van der Waals surface area contributed by atoms with Crippen molar-refractivity contribution in [3.05, 3.63) is 60.0 Å². The van der Waals surface area contributed by atoms with Crippen molar-refractivity contribution in [1.82, 2.24) is 9.88 Å². The zero-order valence-corrected chi connectivity index (χ0v) is 20.7. The van der Waals surface area contributed by atoms with Crippen molar-refractivity contribution in [1.29, 1.82) is 0 Å². The van der Waals surface area contributed by atoms with Crippen LogP contribution in [0.2, 0.25) is 0 Å². The number of benzene rings is 2. The summed E-state index contributed by atoms with van der Waals surface area (Å²) in [6.45, 7) is 2.91. The number of halogens is 6. The minimum Gasteiger partial charge on any atom is -0.450 e. The Morgan fingerprint density at radius 2 is 1.73 bits per heavy atom. The van der Waals surface area contributed by atoms with E-state index in [0.29, 0.717) is 25.2 Å². The predicted octanol–water partition coefficient (Wildman–Crippen LogP) is 6.15. The Morgan fingerprint density at radius 3 is 2.38 bits per heavy atom. The van der Waals surface area contributed by atoms with Gasteiger partial charge in [0, 0.05) is 30.5 Å². The Hall–Kier alpha value is -4.43. The lowest BCUT2D eigenvalue weighted by Crippen LogP contribution is -2.32. The number of hydrogen-bond donors (Lipinski definition) is 2. The molecular formula is C25H22F6N4O5. The third kappa shape index (κ3) is 6.95. The second-order valence-electron chi connectivity index (χ2n) is 8.54. The number of nitrogens with zero attached hydrogens (tertiary/aromatic N) is 2. The van der Waals surface area contributed by atoms with Crippen molar-refractivity contribution < 1.29 is 49.8 Å². The molecule has 0 spiro atoms. The lowest BCUT2D eigenvalue weighted by Gasteiger charge is -2.17. The van der Waals surface area contributed by atoms with Gasteiger partial charge >= 0.3 is 18.6 Å². The summed E-state index contributed by atoms with van der Waals surface area (Å²) >= 11 is 0. The van der Waals surface area contributed by atoms with Crippen molar-refractivity contribution >= 4 is 23.4 Å². The summed E-state index contributed by atoms with van der Waals surface area (Å²) in [5.41, 5.74) is -0.951. The van der Waals surface area contributed by atoms with Crippen LogP contribution in [0.5, 0.6) is 5.75 Å². The zero-order chi connectivity index (χ0) is 29.1. The molecule has 1 fully saturated rings. The molecule has 0 saturated carbocycles. The second-order valence-corrected chi connectivity index (χ2v) is 8.54. The van der Waals surface area contributed by atoms with Gasteiger partial charge in [0.1, 0.15) is 5.75 Å². The minimum absolute atomic E-state index is 0.0584. The highest BCUT2D eigenvalue weighted by molar-refractivity contribution is 6.04. The molecule has 2 aromatic carbocycles. The van der Waals surface area contributed by atoms with Gasteiger partial charge in [-0.15, -0.1) is 13.2 Å². The van der Waals surface area contributed by atoms with Crippen LogP contribution in [0.1, 0.15) is 29.6 Å². The van der Waals surface area contributed by atoms with Crippen molar-refractivity contribution in [3.63, 3.8) is 0 Å². The number of amides is 2. The van der Waals surface area contributed by atoms with Crippen LogP contribution in [-0.2, 0) is 10.9 Å². The zero-order valence-electron chi connectivity index (χ0n) is 20.7. The summed E-state index contributed by atoms with van der Waals surface area (Å²) in [6, 6.07) is 10.2. The van der Waals surface area contributed by atoms with E-state index in [-0.39, 0.29) is 18.3 Å². The van der Waals surface area contributed by atoms with Gasteiger partial charge in [-0.2, -0.15) is 13.2 Å². The molecule has 1 aromatic heterocycles. The Kier molecular flexibility index (Phi) is 8.11. The van der Waals surface area contributed by atoms with Crippen LogP contribution in [0.3, 0.4) is 0 Å². The van der Waals surface area contributed by atoms with Crippen molar-refractivity contribution in [3.8, 4) is 17.2 Å². The molecule has 2 amide bonds. The van der Waals surface area contributed by atoms with Crippen molar-refractivity contribution in [2.24, 2.45) is 0 Å². The molecule has 1 saturated heterocycles. The number of ether oxygens (including phenoxy) is 2. The van der Waals surface area contributed by atoms with Gasteiger partial charge in [-0.3, -0.25) is 4.79 Å². The number of anilines is 2. The first kappa shape index (κ1) is 28.6. The maximum absolute atomic E-state index is 13.6. The van der Waals surface area contributed by atoms with Crippen LogP contribution in [0.25, 0.3) is 11.5 Å². The molecule has 1 aliphatic heterocycles. The Labute approximate surface area is 223 Å². The first-order valence-corrected chi connectivity index (χ1v) is 11.9. The third-order valence-electron chi connectivity index (χ3n) is 5.67. The average molecular weight is 572 g/mol. The fourth-order valence-electron chi connectivity index (χ4n) is 3.97. The lowest BCUT2D eigenvalue weighted by molar-refractivity contribution is -0.274. The molecule has 0 unspecified atom stereocenters. The first-order chi connectivity index (χ1) is 18.8. The minimum atomic E-state index is -5.18. The van der Waals surface area contributed by atoms with Gasteiger partial charge in [-0.05, 0) is 49.7 Å². The molecule has 0 radical (unpaired) electrons. The van der Waals surface area contributed by atoms with E-state index in [2.05, 4.69) is 20.4 Å². The van der Waals surface area contributed by atoms with Gasteiger partial charge in [0.05, 0.1) is 12.2 Å². The number of likely N-dealkylation sites (tertiary alicyclic amines) is 1. The van der Waals surface area contributed by atoms with Gasteiger partial charge in [0.15, 0.2) is 5.69 Å². The largest absolute Gasteiger partial charge is 0.573 e. The highest BCUT2D eigenvalue weighted by Gasteiger charge is 2.42. The Balaban J connectivity index is 1.49. The molecule has 214 valence electrons. The van der Waals surface area contributed by atoms with Crippen molar-refractivity contribution in [2.45, 2.75) is 31.9 Å². The number of rotatable bonds is 7. The van der Waals surface area contributed by atoms with Gasteiger partial charge in [-0.1, -0.05) is 12.1 Å². The monoisotopic (exact) mass is 572 g/mol. The number of carbonyl (C=O) groups is 2. The number of para-hydroxylation sites is 1. The van der Waals surface area contributed by atoms with E-state index in [0.717, 1.165) is 12.1 Å². The Morgan fingerprint density at radius 1 is 1.05 bits per heavy atom. The topological polar surface area (TPSA) is 106 Å². The summed E-state index contributed by atoms with van der Waals surface area (Å²) in [7, 11) is 0. The van der Waals surface area contributed by atoms with Crippen molar-refractivity contribution in [2.75, 3.05) is 30.3 Å². The number of hydrogen-bond acceptors (Lipinski definition) is 7. The van der Waals surface area contributed by atoms with Crippen LogP contribution < -0.4 is 15.4 Å². The summed E-state index contributed by atoms with van der Waals surface area (Å²) in [5.74, 6) is -4.82. The summed E-state index contributed by atoms with van der Waals surface area (Å²) < 4.78 is 92.8. The average Bonchev–Trinajstić information content (AvgIpc) is 3.53. The van der Waals surface area contributed by atoms with Crippen LogP contribution in [-0.4, -0.2) is 54.0 Å². The maximum atomic E-state index is 13.6. The standard InChI is InChI=1S/C25H22F6N4O5/c1-2-38-23(37)35-12-11-16(13-35)32-14-7-9-15(10-8-14)33-21(36)19-20(24(26,27)28)39-22(34-19)17-5-3-4-6-18(17)40-25(29,30)31/h3-10,16,32H,2,11-13H2,1H3,(H,33,36)/t16-/m0/s1. The fraction of sp³-hybridized carbons (Fsp3) is 0.320. The lowest BCUT2D eigenvalue weighted by atomic mass is 10.2. The maximum Gasteiger partial charge on any atom is 0.573 e. The highest BCUT2D eigenvalue weighted by Crippen LogP contribution is 2.39. The number of oxazole rings is 1. The summed E-state index contributed by atoms with van der Waals surface area (Å²) in [6.07, 6.45) is -10.0. The fourth-order valence-corrected chi connectivity index (χ4v) is 3.97. The summed E-state index contributed by atoms with van der Waals surface area (Å²) in [5, 5.41) is 5.50. The smallest absolute Gasteiger partial charge is 0.450 e. The molecule has 1 atom stereocenters. The SMILES string of the molecule is CCOC(=O)N1CC[C@H](Nc2ccc(NC(=O)c3nc(-c4ccccc4OC(F)(F)F)oc3C(F)(F)F)cc2)C1. The van der Waals surface area contributed by atoms with E-state index in [4.69, 9.17) is 9.15 Å². The highest BCUT2D eigenvalue weighted by atomic mass is 19.4. The normalized spacial score (nSPS) is 15.6. The molecule has 0 bridgehead atoms.